The van der Waals surface area contributed by atoms with Gasteiger partial charge in [0.25, 0.3) is 0 Å². The third kappa shape index (κ3) is 15.7. The number of methoxy groups -OCH3 is 2. The lowest BCUT2D eigenvalue weighted by Gasteiger charge is -2.49. The molecule has 4 aliphatic rings. The minimum Gasteiger partial charge on any atom is -0.462 e. The van der Waals surface area contributed by atoms with Gasteiger partial charge in [-0.2, -0.15) is 0 Å². The van der Waals surface area contributed by atoms with Crippen LogP contribution in [0.4, 0.5) is 0 Å². The Balaban J connectivity index is 1.76. The van der Waals surface area contributed by atoms with Gasteiger partial charge in [-0.1, -0.05) is 71.4 Å². The average Bonchev–Trinajstić information content (AvgIpc) is 3.36. The summed E-state index contributed by atoms with van der Waals surface area (Å²) in [6, 6.07) is 2.17. The Kier molecular flexibility index (Phi) is 23.8. The number of rotatable bonds is 17. The molecular weight excluding hydrogens is 935 g/mol. The van der Waals surface area contributed by atoms with Crippen LogP contribution >= 0.6 is 0 Å². The number of hydrogen-bond acceptors (Lipinski definition) is 17. The first-order valence-electron chi connectivity index (χ1n) is 25.8. The van der Waals surface area contributed by atoms with Gasteiger partial charge in [-0.05, 0) is 84.3 Å². The highest BCUT2D eigenvalue weighted by Crippen LogP contribution is 2.41. The molecule has 0 amide bonds. The number of cyclic esters (lactones) is 1. The second-order valence-electron chi connectivity index (χ2n) is 20.4. The summed E-state index contributed by atoms with van der Waals surface area (Å²) in [7, 11) is 4.71. The van der Waals surface area contributed by atoms with Gasteiger partial charge >= 0.3 is 17.9 Å². The van der Waals surface area contributed by atoms with Gasteiger partial charge in [-0.15, -0.1) is 0 Å². The molecule has 6 unspecified atom stereocenters. The zero-order valence-corrected chi connectivity index (χ0v) is 46.3. The van der Waals surface area contributed by atoms with Crippen LogP contribution in [0.15, 0.2) is 36.0 Å². The highest BCUT2D eigenvalue weighted by atomic mass is 28.4. The van der Waals surface area contributed by atoms with Crippen LogP contribution in [0.3, 0.4) is 0 Å². The predicted octanol–water partition coefficient (Wildman–Crippen LogP) is 6.94. The van der Waals surface area contributed by atoms with Crippen molar-refractivity contribution in [3.05, 3.63) is 36.0 Å². The monoisotopic (exact) mass is 1020 g/mol. The van der Waals surface area contributed by atoms with E-state index in [0.717, 1.165) is 30.0 Å². The number of likely N-dealkylation sites (N-methyl/N-ethyl adjacent to an activating group) is 1. The van der Waals surface area contributed by atoms with Crippen molar-refractivity contribution in [2.75, 3.05) is 41.5 Å². The number of nitrogens with zero attached hydrogens (tertiary/aromatic N) is 1. The molecule has 0 radical (unpaired) electrons. The fraction of sp³-hybridized carbons (Fsp3) is 0.792. The first kappa shape index (κ1) is 60.4. The summed E-state index contributed by atoms with van der Waals surface area (Å²) >= 11 is 0. The predicted molar refractivity (Wildman–Crippen MR) is 267 cm³/mol. The number of ether oxygens (including phenoxy) is 10. The zero-order chi connectivity index (χ0) is 52.9. The number of hydrogen-bond donors (Lipinski definition) is 0. The second-order valence-corrected chi connectivity index (χ2v) is 25.1. The molecule has 18 atom stereocenters. The number of carbonyl (C=O) groups is 5. The van der Waals surface area contributed by atoms with Crippen LogP contribution in [0, 0.1) is 29.6 Å². The summed E-state index contributed by atoms with van der Waals surface area (Å²) in [5, 5.41) is 0. The Morgan fingerprint density at radius 1 is 0.831 bits per heavy atom. The van der Waals surface area contributed by atoms with E-state index in [1.807, 2.05) is 40.7 Å². The molecular formula is C53H87NO16Si. The molecule has 4 aliphatic heterocycles. The number of aldehydes is 1. The van der Waals surface area contributed by atoms with E-state index < -0.39 is 123 Å². The summed E-state index contributed by atoms with van der Waals surface area (Å²) in [4.78, 5) is 68.8. The van der Waals surface area contributed by atoms with Gasteiger partial charge in [0.15, 0.2) is 32.8 Å². The van der Waals surface area contributed by atoms with Crippen molar-refractivity contribution in [1.29, 1.82) is 0 Å². The van der Waals surface area contributed by atoms with Crippen LogP contribution < -0.4 is 0 Å². The molecule has 0 aromatic heterocycles. The van der Waals surface area contributed by atoms with Crippen LogP contribution in [0.5, 0.6) is 0 Å². The number of ketones is 1. The highest BCUT2D eigenvalue weighted by Gasteiger charge is 2.53. The maximum absolute atomic E-state index is 14.5. The Bertz CT molecular complexity index is 1830. The van der Waals surface area contributed by atoms with Crippen molar-refractivity contribution in [1.82, 2.24) is 4.90 Å². The van der Waals surface area contributed by atoms with E-state index in [4.69, 9.17) is 51.8 Å². The Morgan fingerprint density at radius 2 is 1.44 bits per heavy atom. The fourth-order valence-electron chi connectivity index (χ4n) is 10.9. The molecule has 18 heteroatoms. The van der Waals surface area contributed by atoms with Gasteiger partial charge in [-0.3, -0.25) is 24.1 Å². The standard InChI is InChI=1S/C53H87NO16Si/c1-17-42-39(29-63-52-51(61-16)50(60-15)48(35(10)64-52)70-71(18-2,19-3)20-4)23-30(5)21-22-41(58)32(7)25-40-38(27-55)24-31(6)28-62-43(26-44(59)68-42)33(8)46(40)69-53-49(67-37(12)57)45(54(13)14)47(34(9)65-53)66-36(11)56/h21-23,27,32-35,38-40,42-43,45-53H,6,17-20,24-26,28-29H2,1-5,7-16H3/b22-21+,30-23+/t32-,33+,34?,35?,38?,39-,40-,42-,43-,45?,46-,47-,48-,49?,50+,51?,52-,53+/m1/s1. The van der Waals surface area contributed by atoms with Gasteiger partial charge in [0.2, 0.25) is 0 Å². The van der Waals surface area contributed by atoms with Crippen molar-refractivity contribution in [2.24, 2.45) is 29.6 Å². The van der Waals surface area contributed by atoms with E-state index in [9.17, 15) is 24.0 Å². The zero-order valence-electron chi connectivity index (χ0n) is 45.3. The minimum atomic E-state index is -2.07. The van der Waals surface area contributed by atoms with E-state index in [-0.39, 0.29) is 50.5 Å². The SMILES string of the molecule is C=C1CO[C@@H]2CC(=O)O[C@H](CC)[C@@H](CO[C@@H]3OC(C)[C@@H](O[Si](CC)(CC)CC)[C@H](OC)C3OC)/C=C(C)/C=C/C(=O)[C@H](C)C[C@H](C(C=O)C1)[C@H](O[C@@H]1OC(C)[C@@H](OC(C)=O)C(N(C)C)C1OC(C)=O)[C@H]2C. The van der Waals surface area contributed by atoms with Crippen LogP contribution in [0.1, 0.15) is 102 Å². The highest BCUT2D eigenvalue weighted by molar-refractivity contribution is 6.73. The van der Waals surface area contributed by atoms with Gasteiger partial charge < -0.3 is 56.6 Å². The minimum absolute atomic E-state index is 0.0477. The second kappa shape index (κ2) is 27.9. The Morgan fingerprint density at radius 3 is 2.00 bits per heavy atom. The van der Waals surface area contributed by atoms with Gasteiger partial charge in [0.05, 0.1) is 56.2 Å². The molecule has 0 aromatic carbocycles. The molecule has 17 nitrogen and oxygen atoms in total. The van der Waals surface area contributed by atoms with E-state index in [0.29, 0.717) is 12.0 Å². The van der Waals surface area contributed by atoms with E-state index in [2.05, 4.69) is 27.4 Å². The van der Waals surface area contributed by atoms with Crippen LogP contribution in [-0.2, 0) is 75.8 Å². The molecule has 0 spiro atoms. The normalized spacial score (nSPS) is 38.3. The van der Waals surface area contributed by atoms with Crippen molar-refractivity contribution >= 4 is 38.3 Å². The third-order valence-electron chi connectivity index (χ3n) is 15.2. The summed E-state index contributed by atoms with van der Waals surface area (Å²) in [5.41, 5.74) is 1.36. The van der Waals surface area contributed by atoms with E-state index in [1.165, 1.54) is 19.9 Å². The van der Waals surface area contributed by atoms with Crippen LogP contribution in [0.25, 0.3) is 0 Å². The molecule has 4 rings (SSSR count). The van der Waals surface area contributed by atoms with E-state index >= 15 is 0 Å². The lowest BCUT2D eigenvalue weighted by molar-refractivity contribution is -0.309. The van der Waals surface area contributed by atoms with Crippen LogP contribution in [0.2, 0.25) is 18.1 Å². The summed E-state index contributed by atoms with van der Waals surface area (Å²) in [6.45, 7) is 24.6. The smallest absolute Gasteiger partial charge is 0.308 e. The summed E-state index contributed by atoms with van der Waals surface area (Å²) in [6.07, 6.45) is -2.41. The fourth-order valence-corrected chi connectivity index (χ4v) is 13.8. The molecule has 0 N–H and O–H groups in total. The Labute approximate surface area is 424 Å². The molecule has 4 heterocycles. The van der Waals surface area contributed by atoms with Crippen molar-refractivity contribution < 1.29 is 75.8 Å². The lowest BCUT2D eigenvalue weighted by atomic mass is 9.73. The lowest BCUT2D eigenvalue weighted by Crippen LogP contribution is -2.65. The van der Waals surface area contributed by atoms with Gasteiger partial charge in [0, 0.05) is 51.7 Å². The number of allylic oxidation sites excluding steroid dienone is 3. The average molecular weight is 1020 g/mol. The largest absolute Gasteiger partial charge is 0.462 e. The first-order valence-corrected chi connectivity index (χ1v) is 28.3. The molecule has 0 aliphatic carbocycles. The number of carbonyl (C=O) groups excluding carboxylic acids is 5. The maximum Gasteiger partial charge on any atom is 0.308 e. The third-order valence-corrected chi connectivity index (χ3v) is 19.8. The molecule has 0 aromatic rings. The first-order chi connectivity index (χ1) is 33.6. The summed E-state index contributed by atoms with van der Waals surface area (Å²) in [5.74, 6) is -4.95. The van der Waals surface area contributed by atoms with Crippen molar-refractivity contribution in [2.45, 2.75) is 200 Å². The van der Waals surface area contributed by atoms with Crippen molar-refractivity contribution in [3.8, 4) is 0 Å². The summed E-state index contributed by atoms with van der Waals surface area (Å²) < 4.78 is 70.4. The van der Waals surface area contributed by atoms with Crippen molar-refractivity contribution in [3.63, 3.8) is 0 Å². The van der Waals surface area contributed by atoms with E-state index in [1.54, 1.807) is 46.2 Å². The molecule has 3 fully saturated rings. The molecule has 3 saturated heterocycles. The Hall–Kier alpha value is -3.17. The molecule has 71 heavy (non-hydrogen) atoms. The van der Waals surface area contributed by atoms with Crippen LogP contribution in [-0.4, -0.2) is 164 Å². The van der Waals surface area contributed by atoms with Gasteiger partial charge in [-0.25, -0.2) is 0 Å². The number of esters is 3. The molecule has 0 saturated carbocycles. The molecule has 2 bridgehead atoms. The topological polar surface area (TPSA) is 190 Å². The maximum atomic E-state index is 14.5. The molecule has 404 valence electrons. The number of fused-ring (bicyclic) bond motifs is 3. The van der Waals surface area contributed by atoms with Gasteiger partial charge in [0.1, 0.15) is 30.7 Å². The quantitative estimate of drug-likeness (QED) is 0.0478.